The number of carbonyl (C=O) groups excluding carboxylic acids is 1. The summed E-state index contributed by atoms with van der Waals surface area (Å²) >= 11 is 12.0. The van der Waals surface area contributed by atoms with E-state index in [4.69, 9.17) is 23.2 Å². The van der Waals surface area contributed by atoms with E-state index in [0.29, 0.717) is 28.7 Å². The number of hydrogen-bond acceptors (Lipinski definition) is 2. The maximum absolute atomic E-state index is 12.5. The first-order valence-electron chi connectivity index (χ1n) is 6.87. The third-order valence-electron chi connectivity index (χ3n) is 4.38. The number of hydrogen-bond donors (Lipinski definition) is 1. The van der Waals surface area contributed by atoms with Gasteiger partial charge in [0.2, 0.25) is 0 Å². The van der Waals surface area contributed by atoms with Crippen LogP contribution in [0.2, 0.25) is 10.0 Å². The van der Waals surface area contributed by atoms with Gasteiger partial charge >= 0.3 is 0 Å². The average molecular weight is 316 g/mol. The highest BCUT2D eigenvalue weighted by Crippen LogP contribution is 2.35. The first kappa shape index (κ1) is 15.6. The Labute approximate surface area is 129 Å². The summed E-state index contributed by atoms with van der Waals surface area (Å²) in [6.07, 6.45) is 2.58. The topological polar surface area (TPSA) is 40.5 Å². The van der Waals surface area contributed by atoms with Crippen LogP contribution in [0.25, 0.3) is 0 Å². The summed E-state index contributed by atoms with van der Waals surface area (Å²) in [7, 11) is 0. The SMILES string of the molecule is CCC1(CO)CCN(C(=O)c2cccc(Cl)c2Cl)CC1. The van der Waals surface area contributed by atoms with Crippen LogP contribution in [0.5, 0.6) is 0 Å². The standard InChI is InChI=1S/C15H19Cl2NO2/c1-2-15(10-19)6-8-18(9-7-15)14(20)11-4-3-5-12(16)13(11)17/h3-5,19H,2,6-10H2,1H3. The van der Waals surface area contributed by atoms with E-state index in [2.05, 4.69) is 6.92 Å². The van der Waals surface area contributed by atoms with E-state index >= 15 is 0 Å². The molecule has 5 heteroatoms. The Hall–Kier alpha value is -0.770. The number of rotatable bonds is 3. The number of benzene rings is 1. The number of piperidine rings is 1. The lowest BCUT2D eigenvalue weighted by molar-refractivity contribution is 0.0338. The fourth-order valence-electron chi connectivity index (χ4n) is 2.65. The Balaban J connectivity index is 2.11. The molecule has 1 N–H and O–H groups in total. The minimum Gasteiger partial charge on any atom is -0.396 e. The normalized spacial score (nSPS) is 18.1. The first-order chi connectivity index (χ1) is 9.53. The molecule has 1 aromatic carbocycles. The molecule has 0 bridgehead atoms. The molecule has 1 aromatic rings. The van der Waals surface area contributed by atoms with Gasteiger partial charge in [-0.2, -0.15) is 0 Å². The fraction of sp³-hybridized carbons (Fsp3) is 0.533. The van der Waals surface area contributed by atoms with Crippen molar-refractivity contribution in [3.05, 3.63) is 33.8 Å². The van der Waals surface area contributed by atoms with Crippen LogP contribution in [0.4, 0.5) is 0 Å². The molecule has 1 fully saturated rings. The van der Waals surface area contributed by atoms with Crippen molar-refractivity contribution in [2.24, 2.45) is 5.41 Å². The van der Waals surface area contributed by atoms with E-state index < -0.39 is 0 Å². The highest BCUT2D eigenvalue weighted by molar-refractivity contribution is 6.43. The van der Waals surface area contributed by atoms with E-state index in [0.717, 1.165) is 19.3 Å². The molecule has 0 atom stereocenters. The van der Waals surface area contributed by atoms with Crippen molar-refractivity contribution in [3.8, 4) is 0 Å². The molecule has 2 rings (SSSR count). The van der Waals surface area contributed by atoms with Gasteiger partial charge in [-0.1, -0.05) is 36.2 Å². The van der Waals surface area contributed by atoms with Gasteiger partial charge < -0.3 is 10.0 Å². The molecule has 0 aromatic heterocycles. The summed E-state index contributed by atoms with van der Waals surface area (Å²) in [5, 5.41) is 10.2. The first-order valence-corrected chi connectivity index (χ1v) is 7.63. The zero-order valence-corrected chi connectivity index (χ0v) is 13.0. The highest BCUT2D eigenvalue weighted by Gasteiger charge is 2.34. The van der Waals surface area contributed by atoms with Gasteiger partial charge in [0.25, 0.3) is 5.91 Å². The Kier molecular flexibility index (Phi) is 4.95. The van der Waals surface area contributed by atoms with Gasteiger partial charge in [-0.05, 0) is 36.8 Å². The monoisotopic (exact) mass is 315 g/mol. The molecule has 110 valence electrons. The maximum atomic E-state index is 12.5. The van der Waals surface area contributed by atoms with Crippen molar-refractivity contribution in [2.75, 3.05) is 19.7 Å². The average Bonchev–Trinajstić information content (AvgIpc) is 2.49. The van der Waals surface area contributed by atoms with Crippen LogP contribution >= 0.6 is 23.2 Å². The van der Waals surface area contributed by atoms with Gasteiger partial charge in [0.1, 0.15) is 0 Å². The predicted octanol–water partition coefficient (Wildman–Crippen LogP) is 3.62. The Bertz CT molecular complexity index is 491. The van der Waals surface area contributed by atoms with Crippen molar-refractivity contribution < 1.29 is 9.90 Å². The molecule has 0 unspecified atom stereocenters. The van der Waals surface area contributed by atoms with E-state index in [1.165, 1.54) is 0 Å². The largest absolute Gasteiger partial charge is 0.396 e. The summed E-state index contributed by atoms with van der Waals surface area (Å²) in [6.45, 7) is 3.57. The Morgan fingerprint density at radius 1 is 1.35 bits per heavy atom. The lowest BCUT2D eigenvalue weighted by Crippen LogP contribution is -2.44. The Morgan fingerprint density at radius 2 is 2.00 bits per heavy atom. The number of aliphatic hydroxyl groups is 1. The van der Waals surface area contributed by atoms with Crippen molar-refractivity contribution in [2.45, 2.75) is 26.2 Å². The summed E-state index contributed by atoms with van der Waals surface area (Å²) in [6, 6.07) is 5.10. The zero-order valence-electron chi connectivity index (χ0n) is 11.5. The van der Waals surface area contributed by atoms with Crippen molar-refractivity contribution in [1.82, 2.24) is 4.90 Å². The fourth-order valence-corrected chi connectivity index (χ4v) is 3.03. The lowest BCUT2D eigenvalue weighted by Gasteiger charge is -2.40. The number of nitrogens with zero attached hydrogens (tertiary/aromatic N) is 1. The highest BCUT2D eigenvalue weighted by atomic mass is 35.5. The molecule has 0 spiro atoms. The summed E-state index contributed by atoms with van der Waals surface area (Å²) in [5.41, 5.74) is 0.418. The van der Waals surface area contributed by atoms with Gasteiger partial charge in [0, 0.05) is 19.7 Å². The molecule has 0 aliphatic carbocycles. The van der Waals surface area contributed by atoms with Gasteiger partial charge in [-0.25, -0.2) is 0 Å². The number of aliphatic hydroxyl groups excluding tert-OH is 1. The molecular weight excluding hydrogens is 297 g/mol. The van der Waals surface area contributed by atoms with Crippen LogP contribution in [0.15, 0.2) is 18.2 Å². The maximum Gasteiger partial charge on any atom is 0.255 e. The number of carbonyl (C=O) groups is 1. The van der Waals surface area contributed by atoms with E-state index in [1.807, 2.05) is 0 Å². The molecule has 0 radical (unpaired) electrons. The second kappa shape index (κ2) is 6.33. The molecular formula is C15H19Cl2NO2. The number of likely N-dealkylation sites (tertiary alicyclic amines) is 1. The van der Waals surface area contributed by atoms with Gasteiger partial charge in [-0.15, -0.1) is 0 Å². The lowest BCUT2D eigenvalue weighted by atomic mass is 9.77. The molecule has 3 nitrogen and oxygen atoms in total. The van der Waals surface area contributed by atoms with Gasteiger partial charge in [0.05, 0.1) is 15.6 Å². The van der Waals surface area contributed by atoms with Crippen LogP contribution in [-0.4, -0.2) is 35.6 Å². The minimum absolute atomic E-state index is 0.0328. The molecule has 1 aliphatic heterocycles. The second-order valence-corrected chi connectivity index (χ2v) is 6.19. The van der Waals surface area contributed by atoms with E-state index in [-0.39, 0.29) is 17.9 Å². The van der Waals surface area contributed by atoms with Crippen LogP contribution in [-0.2, 0) is 0 Å². The van der Waals surface area contributed by atoms with Crippen LogP contribution in [0, 0.1) is 5.41 Å². The van der Waals surface area contributed by atoms with Gasteiger partial charge in [0.15, 0.2) is 0 Å². The summed E-state index contributed by atoms with van der Waals surface area (Å²) < 4.78 is 0. The van der Waals surface area contributed by atoms with Crippen molar-refractivity contribution in [3.63, 3.8) is 0 Å². The molecule has 1 aliphatic rings. The second-order valence-electron chi connectivity index (χ2n) is 5.41. The van der Waals surface area contributed by atoms with Crippen molar-refractivity contribution >= 4 is 29.1 Å². The van der Waals surface area contributed by atoms with Crippen LogP contribution in [0.3, 0.4) is 0 Å². The third-order valence-corrected chi connectivity index (χ3v) is 5.20. The quantitative estimate of drug-likeness (QED) is 0.925. The van der Waals surface area contributed by atoms with Crippen LogP contribution in [0.1, 0.15) is 36.5 Å². The van der Waals surface area contributed by atoms with E-state index in [1.54, 1.807) is 23.1 Å². The van der Waals surface area contributed by atoms with Crippen LogP contribution < -0.4 is 0 Å². The summed E-state index contributed by atoms with van der Waals surface area (Å²) in [5.74, 6) is -0.0832. The number of amides is 1. The van der Waals surface area contributed by atoms with Crippen molar-refractivity contribution in [1.29, 1.82) is 0 Å². The zero-order chi connectivity index (χ0) is 14.8. The molecule has 1 saturated heterocycles. The van der Waals surface area contributed by atoms with E-state index in [9.17, 15) is 9.90 Å². The van der Waals surface area contributed by atoms with Gasteiger partial charge in [-0.3, -0.25) is 4.79 Å². The molecule has 1 amide bonds. The molecule has 1 heterocycles. The molecule has 20 heavy (non-hydrogen) atoms. The minimum atomic E-state index is -0.0832. The molecule has 0 saturated carbocycles. The smallest absolute Gasteiger partial charge is 0.255 e. The number of halogens is 2. The Morgan fingerprint density at radius 3 is 2.55 bits per heavy atom. The third kappa shape index (κ3) is 2.95. The predicted molar refractivity (Wildman–Crippen MR) is 81.4 cm³/mol. The summed E-state index contributed by atoms with van der Waals surface area (Å²) in [4.78, 5) is 14.3.